The summed E-state index contributed by atoms with van der Waals surface area (Å²) in [5.41, 5.74) is 2.07. The van der Waals surface area contributed by atoms with E-state index in [1.807, 2.05) is 35.9 Å². The van der Waals surface area contributed by atoms with Gasteiger partial charge in [-0.3, -0.25) is 0 Å². The van der Waals surface area contributed by atoms with Crippen LogP contribution >= 0.6 is 23.2 Å². The summed E-state index contributed by atoms with van der Waals surface area (Å²) < 4.78 is 3.71. The van der Waals surface area contributed by atoms with Crippen molar-refractivity contribution in [2.45, 2.75) is 4.84 Å². The van der Waals surface area contributed by atoms with Crippen molar-refractivity contribution in [2.24, 2.45) is 7.05 Å². The molecule has 0 aliphatic heterocycles. The normalized spacial score (nSPS) is 12.0. The van der Waals surface area contributed by atoms with E-state index >= 15 is 0 Å². The fourth-order valence-corrected chi connectivity index (χ4v) is 2.01. The number of aromatic nitrogens is 4. The molecule has 0 atom stereocenters. The summed E-state index contributed by atoms with van der Waals surface area (Å²) in [6.45, 7) is 0. The van der Waals surface area contributed by atoms with Gasteiger partial charge in [-0.2, -0.15) is 9.50 Å². The Morgan fingerprint density at radius 3 is 2.56 bits per heavy atom. The number of hydrogen-bond acceptors (Lipinski definition) is 2. The zero-order valence-electron chi connectivity index (χ0n) is 8.43. The maximum Gasteiger partial charge on any atom is 0.233 e. The topological polar surface area (TPSA) is 35.1 Å². The molecule has 0 aliphatic carbocycles. The lowest BCUT2D eigenvalue weighted by Gasteiger charge is -1.94. The molecule has 0 bridgehead atoms. The fourth-order valence-electron chi connectivity index (χ4n) is 1.83. The van der Waals surface area contributed by atoms with Gasteiger partial charge in [-0.15, -0.1) is 5.10 Å². The van der Waals surface area contributed by atoms with Crippen molar-refractivity contribution in [3.05, 3.63) is 30.1 Å². The Hall–Kier alpha value is -1.26. The van der Waals surface area contributed by atoms with E-state index in [0.717, 1.165) is 16.8 Å². The molecule has 0 saturated carbocycles. The van der Waals surface area contributed by atoms with Gasteiger partial charge in [0.15, 0.2) is 10.7 Å². The molecule has 0 aliphatic rings. The lowest BCUT2D eigenvalue weighted by molar-refractivity contribution is 0.930. The van der Waals surface area contributed by atoms with E-state index in [-0.39, 0.29) is 0 Å². The van der Waals surface area contributed by atoms with Crippen LogP contribution in [0.4, 0.5) is 0 Å². The van der Waals surface area contributed by atoms with Gasteiger partial charge in [-0.25, -0.2) is 0 Å². The first-order valence-corrected chi connectivity index (χ1v) is 5.64. The van der Waals surface area contributed by atoms with E-state index in [4.69, 9.17) is 23.2 Å². The van der Waals surface area contributed by atoms with E-state index in [9.17, 15) is 0 Å². The van der Waals surface area contributed by atoms with Crippen molar-refractivity contribution in [3.8, 4) is 0 Å². The van der Waals surface area contributed by atoms with Gasteiger partial charge in [0.05, 0.1) is 11.0 Å². The highest BCUT2D eigenvalue weighted by molar-refractivity contribution is 6.43. The highest BCUT2D eigenvalue weighted by Gasteiger charge is 2.16. The summed E-state index contributed by atoms with van der Waals surface area (Å²) in [5, 5.41) is 4.28. The molecule has 1 aromatic carbocycles. The molecule has 2 aromatic heterocycles. The summed E-state index contributed by atoms with van der Waals surface area (Å²) in [5.74, 6) is 1.17. The first kappa shape index (κ1) is 9.93. The Bertz CT molecular complexity index is 668. The molecule has 3 aromatic rings. The molecule has 3 rings (SSSR count). The number of fused-ring (bicyclic) bond motifs is 3. The van der Waals surface area contributed by atoms with Crippen LogP contribution in [0.3, 0.4) is 0 Å². The molecule has 0 unspecified atom stereocenters. The molecule has 6 heteroatoms. The van der Waals surface area contributed by atoms with Gasteiger partial charge in [0, 0.05) is 7.05 Å². The van der Waals surface area contributed by atoms with Gasteiger partial charge < -0.3 is 4.57 Å². The summed E-state index contributed by atoms with van der Waals surface area (Å²) >= 11 is 11.5. The van der Waals surface area contributed by atoms with E-state index in [1.165, 1.54) is 0 Å². The van der Waals surface area contributed by atoms with Crippen LogP contribution < -0.4 is 0 Å². The Balaban J connectivity index is 2.44. The third kappa shape index (κ3) is 1.23. The van der Waals surface area contributed by atoms with Crippen molar-refractivity contribution in [3.63, 3.8) is 0 Å². The number of aryl methyl sites for hydroxylation is 1. The van der Waals surface area contributed by atoms with Gasteiger partial charge in [0.25, 0.3) is 0 Å². The fraction of sp³-hybridized carbons (Fsp3) is 0.200. The van der Waals surface area contributed by atoms with Crippen molar-refractivity contribution < 1.29 is 0 Å². The quantitative estimate of drug-likeness (QED) is 0.626. The van der Waals surface area contributed by atoms with Crippen LogP contribution in [0.15, 0.2) is 24.3 Å². The smallest absolute Gasteiger partial charge is 0.233 e. The van der Waals surface area contributed by atoms with Crippen LogP contribution in [-0.2, 0) is 7.05 Å². The lowest BCUT2D eigenvalue weighted by atomic mass is 10.3. The molecule has 4 nitrogen and oxygen atoms in total. The van der Waals surface area contributed by atoms with Crippen molar-refractivity contribution in [1.82, 2.24) is 19.2 Å². The maximum atomic E-state index is 5.75. The van der Waals surface area contributed by atoms with E-state index < -0.39 is 4.84 Å². The summed E-state index contributed by atoms with van der Waals surface area (Å²) in [6.07, 6.45) is 0. The van der Waals surface area contributed by atoms with Gasteiger partial charge in [0.1, 0.15) is 0 Å². The number of hydrogen-bond donors (Lipinski definition) is 0. The minimum atomic E-state index is -0.696. The van der Waals surface area contributed by atoms with Crippen LogP contribution in [0.25, 0.3) is 16.8 Å². The van der Waals surface area contributed by atoms with Crippen molar-refractivity contribution in [1.29, 1.82) is 0 Å². The number of alkyl halides is 2. The molecule has 2 heterocycles. The first-order valence-electron chi connectivity index (χ1n) is 4.76. The minimum absolute atomic E-state index is 0.430. The molecular formula is C10H8Cl2N4. The molecule has 0 radical (unpaired) electrons. The van der Waals surface area contributed by atoms with Crippen molar-refractivity contribution in [2.75, 3.05) is 0 Å². The minimum Gasteiger partial charge on any atom is -0.311 e. The highest BCUT2D eigenvalue weighted by atomic mass is 35.5. The average molecular weight is 255 g/mol. The summed E-state index contributed by atoms with van der Waals surface area (Å²) in [4.78, 5) is 3.60. The SMILES string of the molecule is Cn1c2ccccc2n2nc(C(Cl)Cl)nc12. The molecule has 0 amide bonds. The second kappa shape index (κ2) is 3.37. The molecule has 0 saturated heterocycles. The molecule has 0 N–H and O–H groups in total. The highest BCUT2D eigenvalue weighted by Crippen LogP contribution is 2.24. The monoisotopic (exact) mass is 254 g/mol. The zero-order valence-corrected chi connectivity index (χ0v) is 9.94. The molecular weight excluding hydrogens is 247 g/mol. The predicted octanol–water partition coefficient (Wildman–Crippen LogP) is 2.70. The van der Waals surface area contributed by atoms with Crippen LogP contribution in [0.2, 0.25) is 0 Å². The van der Waals surface area contributed by atoms with Crippen LogP contribution in [-0.4, -0.2) is 19.2 Å². The number of benzene rings is 1. The number of para-hydroxylation sites is 2. The first-order chi connectivity index (χ1) is 7.68. The second-order valence-corrected chi connectivity index (χ2v) is 4.63. The Morgan fingerprint density at radius 1 is 1.19 bits per heavy atom. The van der Waals surface area contributed by atoms with Crippen LogP contribution in [0.1, 0.15) is 10.7 Å². The summed E-state index contributed by atoms with van der Waals surface area (Å²) in [7, 11) is 1.94. The van der Waals surface area contributed by atoms with Crippen molar-refractivity contribution >= 4 is 40.0 Å². The summed E-state index contributed by atoms with van der Waals surface area (Å²) in [6, 6.07) is 7.94. The van der Waals surface area contributed by atoms with Crippen LogP contribution in [0.5, 0.6) is 0 Å². The maximum absolute atomic E-state index is 5.75. The average Bonchev–Trinajstić information content (AvgIpc) is 2.81. The number of halogens is 2. The largest absolute Gasteiger partial charge is 0.311 e. The standard InChI is InChI=1S/C10H8Cl2N4/c1-15-6-4-2-3-5-7(6)16-10(15)13-9(14-16)8(11)12/h2-5,8H,1H3. The van der Waals surface area contributed by atoms with Gasteiger partial charge >= 0.3 is 0 Å². The molecule has 0 fully saturated rings. The zero-order chi connectivity index (χ0) is 11.3. The Morgan fingerprint density at radius 2 is 1.88 bits per heavy atom. The lowest BCUT2D eigenvalue weighted by Crippen LogP contribution is -1.89. The molecule has 16 heavy (non-hydrogen) atoms. The number of rotatable bonds is 1. The predicted molar refractivity (Wildman–Crippen MR) is 63.9 cm³/mol. The number of imidazole rings is 1. The third-order valence-corrected chi connectivity index (χ3v) is 2.96. The molecule has 82 valence electrons. The third-order valence-electron chi connectivity index (χ3n) is 2.57. The Labute approximate surface area is 101 Å². The van der Waals surface area contributed by atoms with E-state index in [2.05, 4.69) is 10.1 Å². The molecule has 0 spiro atoms. The van der Waals surface area contributed by atoms with Crippen LogP contribution in [0, 0.1) is 0 Å². The van der Waals surface area contributed by atoms with Gasteiger partial charge in [-0.05, 0) is 12.1 Å². The van der Waals surface area contributed by atoms with Gasteiger partial charge in [-0.1, -0.05) is 35.3 Å². The Kier molecular flexibility index (Phi) is 2.09. The van der Waals surface area contributed by atoms with Gasteiger partial charge in [0.2, 0.25) is 5.78 Å². The second-order valence-electron chi connectivity index (χ2n) is 3.53. The van der Waals surface area contributed by atoms with E-state index in [1.54, 1.807) is 4.52 Å². The number of nitrogens with zero attached hydrogens (tertiary/aromatic N) is 4. The van der Waals surface area contributed by atoms with E-state index in [0.29, 0.717) is 5.82 Å².